The van der Waals surface area contributed by atoms with Crippen molar-refractivity contribution in [1.29, 1.82) is 0 Å². The van der Waals surface area contributed by atoms with Crippen LogP contribution in [0, 0.1) is 5.82 Å². The molecule has 3 aliphatic rings. The zero-order valence-corrected chi connectivity index (χ0v) is 26.6. The van der Waals surface area contributed by atoms with Crippen LogP contribution in [0.3, 0.4) is 0 Å². The molecule has 47 heavy (non-hydrogen) atoms. The Bertz CT molecular complexity index is 1690. The lowest BCUT2D eigenvalue weighted by molar-refractivity contribution is -0.143. The number of anilines is 1. The second-order valence-corrected chi connectivity index (χ2v) is 13.0. The number of carbonyl (C=O) groups excluding carboxylic acids is 5. The van der Waals surface area contributed by atoms with Crippen molar-refractivity contribution < 1.29 is 46.3 Å². The van der Waals surface area contributed by atoms with Gasteiger partial charge < -0.3 is 25.0 Å². The second-order valence-electron chi connectivity index (χ2n) is 11.3. The summed E-state index contributed by atoms with van der Waals surface area (Å²) in [7, 11) is -2.84. The lowest BCUT2D eigenvalue weighted by atomic mass is 9.94. The molecule has 2 saturated heterocycles. The lowest BCUT2D eigenvalue weighted by Crippen LogP contribution is -2.56. The highest BCUT2D eigenvalue weighted by Crippen LogP contribution is 2.46. The van der Waals surface area contributed by atoms with Crippen LogP contribution in [-0.4, -0.2) is 91.9 Å². The monoisotopic (exact) mass is 674 g/mol. The number of urea groups is 1. The van der Waals surface area contributed by atoms with Gasteiger partial charge in [-0.2, -0.15) is 12.7 Å². The van der Waals surface area contributed by atoms with Gasteiger partial charge in [-0.1, -0.05) is 18.2 Å². The molecule has 0 unspecified atom stereocenters. The zero-order chi connectivity index (χ0) is 33.9. The van der Waals surface area contributed by atoms with Crippen LogP contribution in [0.2, 0.25) is 0 Å². The number of benzene rings is 2. The smallest absolute Gasteiger partial charge is 0.421 e. The molecule has 2 aliphatic heterocycles. The normalized spacial score (nSPS) is 20.8. The minimum atomic E-state index is -4.31. The summed E-state index contributed by atoms with van der Waals surface area (Å²) in [6.07, 6.45) is -0.909. The maximum absolute atomic E-state index is 14.0. The summed E-state index contributed by atoms with van der Waals surface area (Å²) >= 11 is 0. The van der Waals surface area contributed by atoms with E-state index in [9.17, 15) is 36.8 Å². The van der Waals surface area contributed by atoms with E-state index in [-0.39, 0.29) is 32.7 Å². The molecule has 1 spiro atoms. The predicted octanol–water partition coefficient (Wildman–Crippen LogP) is 2.18. The summed E-state index contributed by atoms with van der Waals surface area (Å²) < 4.78 is 52.8. The van der Waals surface area contributed by atoms with Gasteiger partial charge in [-0.05, 0) is 61.6 Å². The number of piperidine rings is 1. The van der Waals surface area contributed by atoms with Crippen LogP contribution in [0.4, 0.5) is 24.5 Å². The van der Waals surface area contributed by atoms with E-state index in [1.807, 2.05) is 4.72 Å². The van der Waals surface area contributed by atoms with Gasteiger partial charge in [0.1, 0.15) is 12.4 Å². The number of hydrogen-bond donors (Lipinski definition) is 3. The Morgan fingerprint density at radius 3 is 2.60 bits per heavy atom. The number of amides is 6. The highest BCUT2D eigenvalue weighted by atomic mass is 32.2. The number of hydrogen-bond acceptors (Lipinski definition) is 9. The molecule has 5 rings (SSSR count). The van der Waals surface area contributed by atoms with E-state index in [4.69, 9.17) is 9.47 Å². The number of nitrogens with zero attached hydrogens (tertiary/aromatic N) is 3. The highest BCUT2D eigenvalue weighted by Gasteiger charge is 2.58. The molecule has 2 aromatic rings. The van der Waals surface area contributed by atoms with Crippen LogP contribution in [-0.2, 0) is 47.8 Å². The maximum atomic E-state index is 14.0. The standard InChI is InChI=1S/C30H35FN6O9S/c1-3-45-28(41)34-47(43,44)35-14-4-5-23(17-35)36(16-19-6-8-21(31)9-7-19)25(38)18-37-26(39)30(46-29(37)42)13-12-20-15-22(10-11-24(20)30)33-27(40)32-2/h6-11,15,23H,3-5,12-14,16-18H2,1-2H3,(H,34,41)(H2,32,33,40)/t23-,30-/m1/s1. The first-order chi connectivity index (χ1) is 22.4. The number of ether oxygens (including phenoxy) is 2. The first-order valence-electron chi connectivity index (χ1n) is 15.0. The Morgan fingerprint density at radius 2 is 1.89 bits per heavy atom. The van der Waals surface area contributed by atoms with Gasteiger partial charge in [0.15, 0.2) is 0 Å². The van der Waals surface area contributed by atoms with E-state index in [0.717, 1.165) is 9.21 Å². The van der Waals surface area contributed by atoms with Gasteiger partial charge in [-0.3, -0.25) is 9.59 Å². The van der Waals surface area contributed by atoms with Crippen LogP contribution < -0.4 is 15.4 Å². The van der Waals surface area contributed by atoms with Crippen LogP contribution in [0.1, 0.15) is 42.9 Å². The Hall–Kier alpha value is -4.77. The largest absolute Gasteiger partial charge is 0.449 e. The molecular formula is C30H35FN6O9S. The number of fused-ring (bicyclic) bond motifs is 2. The topological polar surface area (TPSA) is 184 Å². The number of halogens is 1. The molecule has 0 radical (unpaired) electrons. The third-order valence-corrected chi connectivity index (χ3v) is 9.79. The molecule has 1 aliphatic carbocycles. The third kappa shape index (κ3) is 7.00. The second kappa shape index (κ2) is 13.5. The minimum Gasteiger partial charge on any atom is -0.449 e. The predicted molar refractivity (Wildman–Crippen MR) is 163 cm³/mol. The molecule has 0 aromatic heterocycles. The van der Waals surface area contributed by atoms with E-state index in [2.05, 4.69) is 10.6 Å². The molecule has 3 N–H and O–H groups in total. The first-order valence-corrected chi connectivity index (χ1v) is 16.5. The molecule has 252 valence electrons. The molecule has 2 heterocycles. The van der Waals surface area contributed by atoms with E-state index in [0.29, 0.717) is 41.6 Å². The van der Waals surface area contributed by atoms with Crippen molar-refractivity contribution in [2.45, 2.75) is 50.8 Å². The third-order valence-electron chi connectivity index (χ3n) is 8.35. The molecule has 2 fully saturated rings. The molecule has 0 saturated carbocycles. The molecule has 17 heteroatoms. The molecule has 2 atom stereocenters. The number of aryl methyl sites for hydroxylation is 1. The quantitative estimate of drug-likeness (QED) is 0.359. The summed E-state index contributed by atoms with van der Waals surface area (Å²) in [6, 6.07) is 9.12. The van der Waals surface area contributed by atoms with Crippen LogP contribution >= 0.6 is 0 Å². The SMILES string of the molecule is CCOC(=O)NS(=O)(=O)N1CCC[C@@H](N(Cc2ccc(F)cc2)C(=O)CN2C(=O)O[C@@]3(CCc4cc(NC(=O)NC)ccc43)C2=O)C1. The fourth-order valence-corrected chi connectivity index (χ4v) is 7.22. The Labute approximate surface area is 270 Å². The zero-order valence-electron chi connectivity index (χ0n) is 25.8. The van der Waals surface area contributed by atoms with Crippen molar-refractivity contribution in [1.82, 2.24) is 24.1 Å². The molecule has 0 bridgehead atoms. The number of rotatable bonds is 9. The van der Waals surface area contributed by atoms with Gasteiger partial charge in [0.2, 0.25) is 11.5 Å². The molecule has 15 nitrogen and oxygen atoms in total. The van der Waals surface area contributed by atoms with Crippen molar-refractivity contribution in [2.24, 2.45) is 0 Å². The fourth-order valence-electron chi connectivity index (χ4n) is 6.08. The summed E-state index contributed by atoms with van der Waals surface area (Å²) in [5.74, 6) is -1.87. The average molecular weight is 675 g/mol. The number of nitrogens with one attached hydrogen (secondary N) is 3. The highest BCUT2D eigenvalue weighted by molar-refractivity contribution is 7.87. The van der Waals surface area contributed by atoms with Gasteiger partial charge in [0.25, 0.3) is 5.91 Å². The van der Waals surface area contributed by atoms with Crippen LogP contribution in [0.15, 0.2) is 42.5 Å². The summed E-state index contributed by atoms with van der Waals surface area (Å²) in [5.41, 5.74) is 0.544. The van der Waals surface area contributed by atoms with Crippen molar-refractivity contribution in [3.05, 3.63) is 65.0 Å². The van der Waals surface area contributed by atoms with Crippen molar-refractivity contribution in [3.8, 4) is 0 Å². The molecule has 2 aromatic carbocycles. The Balaban J connectivity index is 1.37. The number of imide groups is 1. The summed E-state index contributed by atoms with van der Waals surface area (Å²) in [6.45, 7) is 0.613. The van der Waals surface area contributed by atoms with Crippen LogP contribution in [0.5, 0.6) is 0 Å². The lowest BCUT2D eigenvalue weighted by Gasteiger charge is -2.39. The van der Waals surface area contributed by atoms with Gasteiger partial charge in [-0.25, -0.2) is 28.4 Å². The van der Waals surface area contributed by atoms with E-state index >= 15 is 0 Å². The maximum Gasteiger partial charge on any atom is 0.421 e. The van der Waals surface area contributed by atoms with Gasteiger partial charge in [-0.15, -0.1) is 0 Å². The van der Waals surface area contributed by atoms with Crippen molar-refractivity contribution in [3.63, 3.8) is 0 Å². The molecule has 6 amide bonds. The van der Waals surface area contributed by atoms with E-state index < -0.39 is 64.2 Å². The van der Waals surface area contributed by atoms with Crippen molar-refractivity contribution >= 4 is 45.9 Å². The summed E-state index contributed by atoms with van der Waals surface area (Å²) in [5, 5.41) is 5.11. The van der Waals surface area contributed by atoms with E-state index in [1.54, 1.807) is 18.2 Å². The summed E-state index contributed by atoms with van der Waals surface area (Å²) in [4.78, 5) is 66.6. The van der Waals surface area contributed by atoms with E-state index in [1.165, 1.54) is 43.1 Å². The minimum absolute atomic E-state index is 0.0373. The van der Waals surface area contributed by atoms with Crippen molar-refractivity contribution in [2.75, 3.05) is 38.6 Å². The first kappa shape index (κ1) is 33.6. The van der Waals surface area contributed by atoms with Gasteiger partial charge in [0, 0.05) is 50.4 Å². The van der Waals surface area contributed by atoms with Gasteiger partial charge >= 0.3 is 28.4 Å². The average Bonchev–Trinajstić information content (AvgIpc) is 3.51. The van der Waals surface area contributed by atoms with Crippen LogP contribution in [0.25, 0.3) is 0 Å². The Kier molecular flexibility index (Phi) is 9.67. The molecular weight excluding hydrogens is 639 g/mol. The van der Waals surface area contributed by atoms with Gasteiger partial charge in [0.05, 0.1) is 6.61 Å². The Morgan fingerprint density at radius 1 is 1.15 bits per heavy atom. The fraction of sp³-hybridized carbons (Fsp3) is 0.433. The number of carbonyl (C=O) groups is 5.